The molecule has 0 saturated carbocycles. The van der Waals surface area contributed by atoms with Crippen LogP contribution < -0.4 is 0 Å². The van der Waals surface area contributed by atoms with E-state index in [0.29, 0.717) is 18.2 Å². The molecule has 0 amide bonds. The minimum absolute atomic E-state index is 0.0477. The van der Waals surface area contributed by atoms with E-state index in [1.807, 2.05) is 11.9 Å². The molecule has 0 aliphatic rings. The Hall–Kier alpha value is -1.42. The second-order valence-corrected chi connectivity index (χ2v) is 5.07. The lowest BCUT2D eigenvalue weighted by Crippen LogP contribution is -2.28. The molecule has 1 N–H and O–H groups in total. The summed E-state index contributed by atoms with van der Waals surface area (Å²) >= 11 is 0. The number of halogens is 1. The molecule has 1 aromatic carbocycles. The normalized spacial score (nSPS) is 12.7. The molecule has 0 aliphatic heterocycles. The Bertz CT molecular complexity index is 460. The van der Waals surface area contributed by atoms with Crippen molar-refractivity contribution < 1.29 is 14.3 Å². The van der Waals surface area contributed by atoms with Crippen molar-refractivity contribution in [2.75, 3.05) is 7.05 Å². The highest BCUT2D eigenvalue weighted by Gasteiger charge is 2.16. The predicted molar refractivity (Wildman–Crippen MR) is 73.9 cm³/mol. The highest BCUT2D eigenvalue weighted by atomic mass is 19.1. The average molecular weight is 267 g/mol. The summed E-state index contributed by atoms with van der Waals surface area (Å²) in [6.45, 7) is 5.94. The van der Waals surface area contributed by atoms with Crippen LogP contribution in [0, 0.1) is 5.82 Å². The van der Waals surface area contributed by atoms with Crippen LogP contribution in [0.1, 0.15) is 49.5 Å². The first-order valence-corrected chi connectivity index (χ1v) is 6.59. The van der Waals surface area contributed by atoms with Crippen LogP contribution in [0.3, 0.4) is 0 Å². The lowest BCUT2D eigenvalue weighted by molar-refractivity contribution is 0.101. The number of ketones is 1. The number of Topliss-reactive ketones (excluding diaryl/α,β-unsaturated/α-hetero) is 1. The fourth-order valence-corrected chi connectivity index (χ4v) is 2.11. The van der Waals surface area contributed by atoms with Crippen LogP contribution in [0.25, 0.3) is 0 Å². The molecule has 1 aromatic rings. The Balaban J connectivity index is 2.98. The highest BCUT2D eigenvalue weighted by molar-refractivity contribution is 5.97. The molecule has 106 valence electrons. The third-order valence-corrected chi connectivity index (χ3v) is 3.41. The molecule has 0 fully saturated rings. The van der Waals surface area contributed by atoms with Crippen molar-refractivity contribution in [3.05, 3.63) is 29.1 Å². The molecule has 0 aliphatic carbocycles. The number of phenols is 1. The van der Waals surface area contributed by atoms with Gasteiger partial charge in [0.2, 0.25) is 0 Å². The van der Waals surface area contributed by atoms with E-state index in [-0.39, 0.29) is 17.1 Å². The number of phenolic OH excluding ortho intramolecular Hbond substituents is 1. The average Bonchev–Trinajstić information content (AvgIpc) is 2.33. The summed E-state index contributed by atoms with van der Waals surface area (Å²) in [7, 11) is 1.93. The summed E-state index contributed by atoms with van der Waals surface area (Å²) in [5.41, 5.74) is 0.502. The Morgan fingerprint density at radius 1 is 1.47 bits per heavy atom. The maximum atomic E-state index is 13.5. The second kappa shape index (κ2) is 6.66. The molecule has 0 spiro atoms. The van der Waals surface area contributed by atoms with Crippen LogP contribution in [0.2, 0.25) is 0 Å². The number of benzene rings is 1. The van der Waals surface area contributed by atoms with E-state index in [4.69, 9.17) is 0 Å². The van der Waals surface area contributed by atoms with E-state index in [2.05, 4.69) is 13.8 Å². The van der Waals surface area contributed by atoms with Gasteiger partial charge in [0.15, 0.2) is 5.78 Å². The Kier molecular flexibility index (Phi) is 5.48. The zero-order valence-electron chi connectivity index (χ0n) is 12.0. The zero-order valence-corrected chi connectivity index (χ0v) is 12.0. The first-order valence-electron chi connectivity index (χ1n) is 6.59. The van der Waals surface area contributed by atoms with Gasteiger partial charge in [-0.1, -0.05) is 13.3 Å². The van der Waals surface area contributed by atoms with Gasteiger partial charge in [-0.25, -0.2) is 4.39 Å². The largest absolute Gasteiger partial charge is 0.507 e. The van der Waals surface area contributed by atoms with Gasteiger partial charge in [-0.15, -0.1) is 0 Å². The lowest BCUT2D eigenvalue weighted by atomic mass is 10.0. The van der Waals surface area contributed by atoms with Crippen LogP contribution in [0.4, 0.5) is 4.39 Å². The number of aromatic hydroxyl groups is 1. The smallest absolute Gasteiger partial charge is 0.163 e. The molecule has 0 heterocycles. The number of carbonyl (C=O) groups is 1. The maximum Gasteiger partial charge on any atom is 0.163 e. The van der Waals surface area contributed by atoms with E-state index in [1.54, 1.807) is 0 Å². The van der Waals surface area contributed by atoms with Crippen LogP contribution >= 0.6 is 0 Å². The van der Waals surface area contributed by atoms with E-state index in [0.717, 1.165) is 18.9 Å². The minimum Gasteiger partial charge on any atom is -0.507 e. The molecule has 0 saturated heterocycles. The van der Waals surface area contributed by atoms with E-state index in [9.17, 15) is 14.3 Å². The maximum absolute atomic E-state index is 13.5. The molecule has 0 bridgehead atoms. The number of carbonyl (C=O) groups excluding carboxylic acids is 1. The second-order valence-electron chi connectivity index (χ2n) is 5.07. The summed E-state index contributed by atoms with van der Waals surface area (Å²) in [6, 6.07) is 2.71. The van der Waals surface area contributed by atoms with Crippen molar-refractivity contribution in [1.29, 1.82) is 0 Å². The van der Waals surface area contributed by atoms with Gasteiger partial charge in [-0.2, -0.15) is 0 Å². The molecule has 4 heteroatoms. The third-order valence-electron chi connectivity index (χ3n) is 3.41. The van der Waals surface area contributed by atoms with Gasteiger partial charge in [0.1, 0.15) is 11.6 Å². The molecule has 1 unspecified atom stereocenters. The minimum atomic E-state index is -0.491. The summed E-state index contributed by atoms with van der Waals surface area (Å²) in [5, 5.41) is 10.0. The Morgan fingerprint density at radius 3 is 2.63 bits per heavy atom. The van der Waals surface area contributed by atoms with Gasteiger partial charge in [0.05, 0.1) is 5.56 Å². The number of hydrogen-bond acceptors (Lipinski definition) is 3. The molecule has 1 rings (SSSR count). The monoisotopic (exact) mass is 267 g/mol. The number of hydrogen-bond donors (Lipinski definition) is 1. The first kappa shape index (κ1) is 15.6. The van der Waals surface area contributed by atoms with Crippen molar-refractivity contribution >= 4 is 5.78 Å². The van der Waals surface area contributed by atoms with Crippen LogP contribution in [-0.4, -0.2) is 28.9 Å². The third kappa shape index (κ3) is 4.03. The van der Waals surface area contributed by atoms with Crippen molar-refractivity contribution in [1.82, 2.24) is 4.90 Å². The summed E-state index contributed by atoms with van der Waals surface area (Å²) in [4.78, 5) is 13.4. The van der Waals surface area contributed by atoms with Gasteiger partial charge in [0.25, 0.3) is 0 Å². The van der Waals surface area contributed by atoms with E-state index in [1.165, 1.54) is 13.0 Å². The Labute approximate surface area is 114 Å². The van der Waals surface area contributed by atoms with Crippen molar-refractivity contribution in [3.63, 3.8) is 0 Å². The summed E-state index contributed by atoms with van der Waals surface area (Å²) in [6.07, 6.45) is 2.10. The Morgan fingerprint density at radius 2 is 2.11 bits per heavy atom. The molecule has 3 nitrogen and oxygen atoms in total. The van der Waals surface area contributed by atoms with Crippen LogP contribution in [-0.2, 0) is 6.54 Å². The summed E-state index contributed by atoms with van der Waals surface area (Å²) in [5.74, 6) is -0.929. The highest BCUT2D eigenvalue weighted by Crippen LogP contribution is 2.26. The number of nitrogens with zero attached hydrogens (tertiary/aromatic N) is 1. The fraction of sp³-hybridized carbons (Fsp3) is 0.533. The lowest BCUT2D eigenvalue weighted by Gasteiger charge is -2.25. The zero-order chi connectivity index (χ0) is 14.6. The molecule has 0 aromatic heterocycles. The van der Waals surface area contributed by atoms with E-state index >= 15 is 0 Å². The molecular weight excluding hydrogens is 245 g/mol. The van der Waals surface area contributed by atoms with Gasteiger partial charge >= 0.3 is 0 Å². The quantitative estimate of drug-likeness (QED) is 0.803. The van der Waals surface area contributed by atoms with Gasteiger partial charge in [0, 0.05) is 18.2 Å². The first-order chi connectivity index (χ1) is 8.86. The fourth-order valence-electron chi connectivity index (χ4n) is 2.11. The van der Waals surface area contributed by atoms with Gasteiger partial charge < -0.3 is 5.11 Å². The molecule has 0 radical (unpaired) electrons. The van der Waals surface area contributed by atoms with Crippen molar-refractivity contribution in [3.8, 4) is 5.75 Å². The van der Waals surface area contributed by atoms with Crippen molar-refractivity contribution in [2.45, 2.75) is 46.2 Å². The molecule has 1 atom stereocenters. The van der Waals surface area contributed by atoms with Gasteiger partial charge in [-0.05, 0) is 39.4 Å². The SMILES string of the molecule is CCCC(C)N(C)Cc1cc(F)cc(C(C)=O)c1O. The summed E-state index contributed by atoms with van der Waals surface area (Å²) < 4.78 is 13.5. The van der Waals surface area contributed by atoms with Crippen molar-refractivity contribution in [2.24, 2.45) is 0 Å². The molecular formula is C15H22FNO2. The molecule has 19 heavy (non-hydrogen) atoms. The number of rotatable bonds is 6. The van der Waals surface area contributed by atoms with Gasteiger partial charge in [-0.3, -0.25) is 9.69 Å². The van der Waals surface area contributed by atoms with Crippen LogP contribution in [0.5, 0.6) is 5.75 Å². The predicted octanol–water partition coefficient (Wildman–Crippen LogP) is 3.35. The standard InChI is InChI=1S/C15H22FNO2/c1-5-6-10(2)17(4)9-12-7-13(16)8-14(11(3)18)15(12)19/h7-8,10,19H,5-6,9H2,1-4H3. The topological polar surface area (TPSA) is 40.5 Å². The van der Waals surface area contributed by atoms with E-state index < -0.39 is 5.82 Å². The van der Waals surface area contributed by atoms with Crippen LogP contribution in [0.15, 0.2) is 12.1 Å².